The van der Waals surface area contributed by atoms with E-state index < -0.39 is 0 Å². The Morgan fingerprint density at radius 1 is 1.33 bits per heavy atom. The monoisotopic (exact) mass is 252 g/mol. The quantitative estimate of drug-likeness (QED) is 0.888. The molecule has 0 atom stereocenters. The van der Waals surface area contributed by atoms with Gasteiger partial charge in [-0.25, -0.2) is 4.79 Å². The summed E-state index contributed by atoms with van der Waals surface area (Å²) in [6.07, 6.45) is 0. The number of nitrogens with zero attached hydrogens (tertiary/aromatic N) is 1. The maximum Gasteiger partial charge on any atom is 0.317 e. The van der Waals surface area contributed by atoms with Crippen LogP contribution >= 0.6 is 0 Å². The molecule has 18 heavy (non-hydrogen) atoms. The third-order valence-corrected chi connectivity index (χ3v) is 2.83. The second-order valence-electron chi connectivity index (χ2n) is 4.00. The lowest BCUT2D eigenvalue weighted by Gasteiger charge is -2.20. The Kier molecular flexibility index (Phi) is 4.83. The Bertz CT molecular complexity index is 432. The zero-order valence-electron chi connectivity index (χ0n) is 11.5. The first-order valence-electron chi connectivity index (χ1n) is 5.68. The number of rotatable bonds is 4. The smallest absolute Gasteiger partial charge is 0.317 e. The largest absolute Gasteiger partial charge is 0.496 e. The standard InChI is InChI=1S/C13H20N2O3/c1-9-11(17-4)7-6-10(12(9)18-5)8-15(3)13(16)14-2/h6-7H,8H2,1-5H3,(H,14,16). The molecule has 0 saturated carbocycles. The third-order valence-electron chi connectivity index (χ3n) is 2.83. The van der Waals surface area contributed by atoms with Crippen LogP contribution in [0.3, 0.4) is 0 Å². The summed E-state index contributed by atoms with van der Waals surface area (Å²) in [6, 6.07) is 3.65. The third kappa shape index (κ3) is 2.85. The minimum Gasteiger partial charge on any atom is -0.496 e. The molecule has 0 aliphatic rings. The average molecular weight is 252 g/mol. The number of hydrogen-bond acceptors (Lipinski definition) is 3. The summed E-state index contributed by atoms with van der Waals surface area (Å²) >= 11 is 0. The molecule has 1 rings (SSSR count). The van der Waals surface area contributed by atoms with Crippen molar-refractivity contribution >= 4 is 6.03 Å². The van der Waals surface area contributed by atoms with Gasteiger partial charge in [0.2, 0.25) is 0 Å². The van der Waals surface area contributed by atoms with E-state index in [1.165, 1.54) is 0 Å². The molecule has 100 valence electrons. The van der Waals surface area contributed by atoms with Crippen LogP contribution in [-0.4, -0.2) is 39.2 Å². The highest BCUT2D eigenvalue weighted by atomic mass is 16.5. The topological polar surface area (TPSA) is 50.8 Å². The fraction of sp³-hybridized carbons (Fsp3) is 0.462. The first-order chi connectivity index (χ1) is 8.54. The van der Waals surface area contributed by atoms with Crippen molar-refractivity contribution in [3.8, 4) is 11.5 Å². The van der Waals surface area contributed by atoms with Crippen LogP contribution in [0.25, 0.3) is 0 Å². The molecule has 0 heterocycles. The number of methoxy groups -OCH3 is 2. The zero-order valence-corrected chi connectivity index (χ0v) is 11.5. The van der Waals surface area contributed by atoms with Gasteiger partial charge in [0.15, 0.2) is 0 Å². The van der Waals surface area contributed by atoms with Gasteiger partial charge in [0.05, 0.1) is 20.8 Å². The van der Waals surface area contributed by atoms with Crippen LogP contribution in [0, 0.1) is 6.92 Å². The number of amides is 2. The SMILES string of the molecule is CNC(=O)N(C)Cc1ccc(OC)c(C)c1OC. The van der Waals surface area contributed by atoms with E-state index in [1.807, 2.05) is 19.1 Å². The summed E-state index contributed by atoms with van der Waals surface area (Å²) in [7, 11) is 6.58. The Morgan fingerprint density at radius 3 is 2.50 bits per heavy atom. The molecule has 1 aromatic rings. The van der Waals surface area contributed by atoms with E-state index in [0.717, 1.165) is 22.6 Å². The first-order valence-corrected chi connectivity index (χ1v) is 5.68. The first kappa shape index (κ1) is 14.2. The lowest BCUT2D eigenvalue weighted by atomic mass is 10.1. The zero-order chi connectivity index (χ0) is 13.7. The van der Waals surface area contributed by atoms with Gasteiger partial charge in [0, 0.05) is 25.2 Å². The van der Waals surface area contributed by atoms with Crippen LogP contribution in [0.2, 0.25) is 0 Å². The molecule has 0 unspecified atom stereocenters. The fourth-order valence-corrected chi connectivity index (χ4v) is 1.88. The van der Waals surface area contributed by atoms with E-state index in [2.05, 4.69) is 5.32 Å². The van der Waals surface area contributed by atoms with Crippen molar-refractivity contribution in [2.45, 2.75) is 13.5 Å². The van der Waals surface area contributed by atoms with Crippen molar-refractivity contribution in [1.29, 1.82) is 0 Å². The number of ether oxygens (including phenoxy) is 2. The predicted molar refractivity (Wildman–Crippen MR) is 70.2 cm³/mol. The van der Waals surface area contributed by atoms with E-state index in [4.69, 9.17) is 9.47 Å². The fourth-order valence-electron chi connectivity index (χ4n) is 1.88. The summed E-state index contributed by atoms with van der Waals surface area (Å²) in [6.45, 7) is 2.41. The van der Waals surface area contributed by atoms with Gasteiger partial charge in [-0.15, -0.1) is 0 Å². The van der Waals surface area contributed by atoms with Crippen LogP contribution in [0.5, 0.6) is 11.5 Å². The van der Waals surface area contributed by atoms with Gasteiger partial charge in [-0.1, -0.05) is 0 Å². The van der Waals surface area contributed by atoms with Gasteiger partial charge >= 0.3 is 6.03 Å². The van der Waals surface area contributed by atoms with E-state index in [1.54, 1.807) is 33.2 Å². The van der Waals surface area contributed by atoms with Crippen molar-refractivity contribution in [2.75, 3.05) is 28.3 Å². The molecule has 5 heteroatoms. The van der Waals surface area contributed by atoms with Gasteiger partial charge in [-0.2, -0.15) is 0 Å². The molecule has 0 aliphatic carbocycles. The molecule has 0 bridgehead atoms. The summed E-state index contributed by atoms with van der Waals surface area (Å²) in [5.41, 5.74) is 1.88. The molecule has 0 spiro atoms. The Balaban J connectivity index is 3.03. The number of nitrogens with one attached hydrogen (secondary N) is 1. The predicted octanol–water partition coefficient (Wildman–Crippen LogP) is 1.78. The second-order valence-corrected chi connectivity index (χ2v) is 4.00. The minimum atomic E-state index is -0.134. The van der Waals surface area contributed by atoms with Gasteiger partial charge in [0.25, 0.3) is 0 Å². The molecule has 1 N–H and O–H groups in total. The highest BCUT2D eigenvalue weighted by molar-refractivity contribution is 5.73. The molecule has 0 aromatic heterocycles. The summed E-state index contributed by atoms with van der Waals surface area (Å²) in [5, 5.41) is 2.58. The Morgan fingerprint density at radius 2 is 2.00 bits per heavy atom. The molecule has 1 aromatic carbocycles. The van der Waals surface area contributed by atoms with Crippen LogP contribution in [0.1, 0.15) is 11.1 Å². The van der Waals surface area contributed by atoms with Crippen LogP contribution in [-0.2, 0) is 6.54 Å². The lowest BCUT2D eigenvalue weighted by Crippen LogP contribution is -2.34. The van der Waals surface area contributed by atoms with Crippen molar-refractivity contribution in [1.82, 2.24) is 10.2 Å². The molecule has 0 saturated heterocycles. The average Bonchev–Trinajstić information content (AvgIpc) is 2.38. The Hall–Kier alpha value is -1.91. The highest BCUT2D eigenvalue weighted by Gasteiger charge is 2.14. The lowest BCUT2D eigenvalue weighted by molar-refractivity contribution is 0.208. The molecule has 0 aliphatic heterocycles. The van der Waals surface area contributed by atoms with E-state index in [-0.39, 0.29) is 6.03 Å². The van der Waals surface area contributed by atoms with Gasteiger partial charge in [0.1, 0.15) is 11.5 Å². The van der Waals surface area contributed by atoms with E-state index >= 15 is 0 Å². The highest BCUT2D eigenvalue weighted by Crippen LogP contribution is 2.31. The molecular formula is C13H20N2O3. The van der Waals surface area contributed by atoms with Crippen molar-refractivity contribution in [3.05, 3.63) is 23.3 Å². The number of hydrogen-bond donors (Lipinski definition) is 1. The van der Waals surface area contributed by atoms with Gasteiger partial charge in [-0.05, 0) is 19.1 Å². The van der Waals surface area contributed by atoms with Crippen LogP contribution < -0.4 is 14.8 Å². The number of urea groups is 1. The van der Waals surface area contributed by atoms with Crippen LogP contribution in [0.4, 0.5) is 4.79 Å². The number of benzene rings is 1. The van der Waals surface area contributed by atoms with E-state index in [0.29, 0.717) is 6.54 Å². The summed E-state index contributed by atoms with van der Waals surface area (Å²) < 4.78 is 10.6. The number of carbonyl (C=O) groups is 1. The van der Waals surface area contributed by atoms with Crippen molar-refractivity contribution in [3.63, 3.8) is 0 Å². The summed E-state index contributed by atoms with van der Waals surface area (Å²) in [5.74, 6) is 1.53. The van der Waals surface area contributed by atoms with E-state index in [9.17, 15) is 4.79 Å². The second kappa shape index (κ2) is 6.14. The molecule has 2 amide bonds. The van der Waals surface area contributed by atoms with Crippen molar-refractivity contribution in [2.24, 2.45) is 0 Å². The van der Waals surface area contributed by atoms with Gasteiger partial charge in [-0.3, -0.25) is 0 Å². The Labute approximate surface area is 108 Å². The summed E-state index contributed by atoms with van der Waals surface area (Å²) in [4.78, 5) is 13.1. The van der Waals surface area contributed by atoms with Crippen molar-refractivity contribution < 1.29 is 14.3 Å². The minimum absolute atomic E-state index is 0.134. The molecular weight excluding hydrogens is 232 g/mol. The molecule has 0 fully saturated rings. The van der Waals surface area contributed by atoms with Crippen LogP contribution in [0.15, 0.2) is 12.1 Å². The van der Waals surface area contributed by atoms with Gasteiger partial charge < -0.3 is 19.7 Å². The normalized spacial score (nSPS) is 9.83. The maximum absolute atomic E-state index is 11.5. The maximum atomic E-state index is 11.5. The number of carbonyl (C=O) groups excluding carboxylic acids is 1. The molecule has 0 radical (unpaired) electrons. The molecule has 5 nitrogen and oxygen atoms in total.